The number of benzene rings is 1. The quantitative estimate of drug-likeness (QED) is 0.795. The molecule has 1 aromatic rings. The molecule has 1 atom stereocenters. The van der Waals surface area contributed by atoms with Gasteiger partial charge in [0.25, 0.3) is 0 Å². The lowest BCUT2D eigenvalue weighted by atomic mass is 9.86. The van der Waals surface area contributed by atoms with E-state index < -0.39 is 5.60 Å². The molecule has 5 nitrogen and oxygen atoms in total. The highest BCUT2D eigenvalue weighted by atomic mass is 16.6. The van der Waals surface area contributed by atoms with Crippen molar-refractivity contribution >= 4 is 6.09 Å². The maximum Gasteiger partial charge on any atom is 0.407 e. The Morgan fingerprint density at radius 2 is 1.96 bits per heavy atom. The van der Waals surface area contributed by atoms with Gasteiger partial charge in [-0.1, -0.05) is 17.7 Å². The second kappa shape index (κ2) is 6.79. The maximum absolute atomic E-state index is 11.7. The van der Waals surface area contributed by atoms with Gasteiger partial charge in [0.05, 0.1) is 0 Å². The van der Waals surface area contributed by atoms with Gasteiger partial charge in [-0.05, 0) is 53.5 Å². The third-order valence-corrected chi connectivity index (χ3v) is 3.99. The van der Waals surface area contributed by atoms with E-state index in [2.05, 4.69) is 10.6 Å². The van der Waals surface area contributed by atoms with E-state index in [9.17, 15) is 9.90 Å². The monoisotopic (exact) mass is 320 g/mol. The number of amides is 1. The lowest BCUT2D eigenvalue weighted by Gasteiger charge is -2.38. The van der Waals surface area contributed by atoms with Crippen LogP contribution in [-0.4, -0.2) is 28.9 Å². The topological polar surface area (TPSA) is 70.6 Å². The molecule has 0 saturated heterocycles. The third kappa shape index (κ3) is 5.13. The van der Waals surface area contributed by atoms with Crippen molar-refractivity contribution in [3.63, 3.8) is 0 Å². The summed E-state index contributed by atoms with van der Waals surface area (Å²) in [4.78, 5) is 11.7. The Labute approximate surface area is 138 Å². The number of phenols is 1. The van der Waals surface area contributed by atoms with Gasteiger partial charge in [-0.3, -0.25) is 0 Å². The van der Waals surface area contributed by atoms with Gasteiger partial charge in [-0.2, -0.15) is 0 Å². The van der Waals surface area contributed by atoms with Crippen LogP contribution in [0.4, 0.5) is 4.79 Å². The molecule has 1 aliphatic rings. The van der Waals surface area contributed by atoms with Gasteiger partial charge in [0.2, 0.25) is 0 Å². The first kappa shape index (κ1) is 17.6. The molecule has 1 aromatic carbocycles. The molecule has 1 unspecified atom stereocenters. The van der Waals surface area contributed by atoms with Gasteiger partial charge in [0.15, 0.2) is 0 Å². The molecule has 5 heteroatoms. The summed E-state index contributed by atoms with van der Waals surface area (Å²) < 4.78 is 5.26. The average Bonchev–Trinajstić information content (AvgIpc) is 2.36. The number of carbonyl (C=O) groups is 1. The zero-order valence-electron chi connectivity index (χ0n) is 14.6. The first-order chi connectivity index (χ1) is 10.6. The van der Waals surface area contributed by atoms with Crippen molar-refractivity contribution in [2.75, 3.05) is 0 Å². The van der Waals surface area contributed by atoms with Gasteiger partial charge in [-0.15, -0.1) is 0 Å². The Morgan fingerprint density at radius 1 is 1.30 bits per heavy atom. The van der Waals surface area contributed by atoms with Gasteiger partial charge < -0.3 is 20.5 Å². The molecule has 1 amide bonds. The highest BCUT2D eigenvalue weighted by molar-refractivity contribution is 5.68. The van der Waals surface area contributed by atoms with Crippen LogP contribution in [0.1, 0.15) is 57.7 Å². The van der Waals surface area contributed by atoms with Crippen LogP contribution < -0.4 is 10.6 Å². The highest BCUT2D eigenvalue weighted by Crippen LogP contribution is 2.28. The van der Waals surface area contributed by atoms with Crippen molar-refractivity contribution in [2.24, 2.45) is 0 Å². The van der Waals surface area contributed by atoms with Gasteiger partial charge in [-0.25, -0.2) is 4.79 Å². The zero-order valence-corrected chi connectivity index (χ0v) is 14.6. The van der Waals surface area contributed by atoms with Gasteiger partial charge >= 0.3 is 6.09 Å². The van der Waals surface area contributed by atoms with E-state index in [4.69, 9.17) is 4.74 Å². The molecule has 0 heterocycles. The summed E-state index contributed by atoms with van der Waals surface area (Å²) in [6.45, 7) is 9.62. The molecule has 0 aliphatic heterocycles. The highest BCUT2D eigenvalue weighted by Gasteiger charge is 2.32. The zero-order chi connectivity index (χ0) is 17.2. The fourth-order valence-corrected chi connectivity index (χ4v) is 2.81. The van der Waals surface area contributed by atoms with Crippen LogP contribution in [0.15, 0.2) is 18.2 Å². The molecule has 128 valence electrons. The lowest BCUT2D eigenvalue weighted by Crippen LogP contribution is -2.53. The lowest BCUT2D eigenvalue weighted by molar-refractivity contribution is 0.0463. The van der Waals surface area contributed by atoms with E-state index in [0.717, 1.165) is 24.0 Å². The van der Waals surface area contributed by atoms with E-state index in [1.54, 1.807) is 6.07 Å². The fraction of sp³-hybridized carbons (Fsp3) is 0.611. The van der Waals surface area contributed by atoms with Crippen LogP contribution in [0.2, 0.25) is 0 Å². The van der Waals surface area contributed by atoms with Crippen molar-refractivity contribution in [1.82, 2.24) is 10.6 Å². The Bertz CT molecular complexity index is 560. The molecule has 0 aromatic heterocycles. The Morgan fingerprint density at radius 3 is 2.57 bits per heavy atom. The molecule has 1 fully saturated rings. The first-order valence-electron chi connectivity index (χ1n) is 8.19. The molecular weight excluding hydrogens is 292 g/mol. The number of carbonyl (C=O) groups excluding carboxylic acids is 1. The van der Waals surface area contributed by atoms with Crippen molar-refractivity contribution < 1.29 is 14.6 Å². The van der Waals surface area contributed by atoms with E-state index >= 15 is 0 Å². The minimum atomic E-state index is -0.470. The molecule has 0 spiro atoms. The second-order valence-corrected chi connectivity index (χ2v) is 7.46. The van der Waals surface area contributed by atoms with Crippen LogP contribution in [-0.2, 0) is 4.74 Å². The summed E-state index contributed by atoms with van der Waals surface area (Å²) in [5, 5.41) is 16.4. The fourth-order valence-electron chi connectivity index (χ4n) is 2.81. The van der Waals surface area contributed by atoms with Crippen LogP contribution in [0.3, 0.4) is 0 Å². The summed E-state index contributed by atoms with van der Waals surface area (Å²) in [6, 6.07) is 6.20. The van der Waals surface area contributed by atoms with Gasteiger partial charge in [0, 0.05) is 23.7 Å². The number of aryl methyl sites for hydroxylation is 1. The molecule has 0 bridgehead atoms. The molecule has 1 saturated carbocycles. The van der Waals surface area contributed by atoms with Crippen molar-refractivity contribution in [3.8, 4) is 5.75 Å². The summed E-state index contributed by atoms with van der Waals surface area (Å²) in [5.74, 6) is 0.318. The third-order valence-electron chi connectivity index (χ3n) is 3.99. The standard InChI is InChI=1S/C18H28N2O3/c1-11-6-7-16(21)15(8-11)12(2)19-13-9-14(10-13)20-17(22)23-18(3,4)5/h6-8,12-14,19,21H,9-10H2,1-5H3,(H,20,22). The molecule has 23 heavy (non-hydrogen) atoms. The number of nitrogens with one attached hydrogen (secondary N) is 2. The summed E-state index contributed by atoms with van der Waals surface area (Å²) in [5.41, 5.74) is 1.57. The predicted molar refractivity (Wildman–Crippen MR) is 90.6 cm³/mol. The van der Waals surface area contributed by atoms with Crippen molar-refractivity contribution in [1.29, 1.82) is 0 Å². The Balaban J connectivity index is 1.77. The van der Waals surface area contributed by atoms with Crippen molar-refractivity contribution in [3.05, 3.63) is 29.3 Å². The smallest absolute Gasteiger partial charge is 0.407 e. The SMILES string of the molecule is Cc1ccc(O)c(C(C)NC2CC(NC(=O)OC(C)(C)C)C2)c1. The number of rotatable bonds is 4. The number of ether oxygens (including phenoxy) is 1. The maximum atomic E-state index is 11.7. The summed E-state index contributed by atoms with van der Waals surface area (Å²) >= 11 is 0. The molecule has 1 aliphatic carbocycles. The number of phenolic OH excluding ortho intramolecular Hbond substituents is 1. The summed E-state index contributed by atoms with van der Waals surface area (Å²) in [7, 11) is 0. The number of alkyl carbamates (subject to hydrolysis) is 1. The number of aromatic hydroxyl groups is 1. The normalized spacial score (nSPS) is 22.1. The molecule has 0 radical (unpaired) electrons. The largest absolute Gasteiger partial charge is 0.508 e. The second-order valence-electron chi connectivity index (χ2n) is 7.46. The molecular formula is C18H28N2O3. The first-order valence-corrected chi connectivity index (χ1v) is 8.19. The van der Waals surface area contributed by atoms with Crippen LogP contribution >= 0.6 is 0 Å². The Kier molecular flexibility index (Phi) is 5.19. The summed E-state index contributed by atoms with van der Waals surface area (Å²) in [6.07, 6.45) is 1.39. The minimum absolute atomic E-state index is 0.0716. The molecule has 2 rings (SSSR count). The number of hydrogen-bond donors (Lipinski definition) is 3. The van der Waals surface area contributed by atoms with Crippen LogP contribution in [0.25, 0.3) is 0 Å². The predicted octanol–water partition coefficient (Wildman–Crippen LogP) is 3.41. The van der Waals surface area contributed by atoms with Gasteiger partial charge in [0.1, 0.15) is 11.4 Å². The van der Waals surface area contributed by atoms with Crippen LogP contribution in [0, 0.1) is 6.92 Å². The van der Waals surface area contributed by atoms with Crippen molar-refractivity contribution in [2.45, 2.75) is 71.2 Å². The van der Waals surface area contributed by atoms with E-state index in [1.165, 1.54) is 0 Å². The minimum Gasteiger partial charge on any atom is -0.508 e. The Hall–Kier alpha value is -1.75. The number of hydrogen-bond acceptors (Lipinski definition) is 4. The average molecular weight is 320 g/mol. The van der Waals surface area contributed by atoms with Crippen LogP contribution in [0.5, 0.6) is 5.75 Å². The van der Waals surface area contributed by atoms with E-state index in [1.807, 2.05) is 46.8 Å². The van der Waals surface area contributed by atoms with E-state index in [-0.39, 0.29) is 18.2 Å². The van der Waals surface area contributed by atoms with E-state index in [0.29, 0.717) is 11.8 Å². The molecule has 3 N–H and O–H groups in total.